The maximum atomic E-state index is 5.35. The van der Waals surface area contributed by atoms with Crippen LogP contribution in [-0.2, 0) is 6.54 Å². The number of hydrogen-bond donors (Lipinski definition) is 1. The van der Waals surface area contributed by atoms with Crippen LogP contribution in [-0.4, -0.2) is 0 Å². The van der Waals surface area contributed by atoms with Gasteiger partial charge in [-0.1, -0.05) is 30.3 Å². The highest BCUT2D eigenvalue weighted by atomic mass is 79.9. The van der Waals surface area contributed by atoms with Gasteiger partial charge in [0, 0.05) is 6.54 Å². The first-order valence-corrected chi connectivity index (χ1v) is 2.67. The van der Waals surface area contributed by atoms with Crippen molar-refractivity contribution in [1.82, 2.24) is 0 Å². The van der Waals surface area contributed by atoms with Crippen molar-refractivity contribution in [2.75, 3.05) is 0 Å². The van der Waals surface area contributed by atoms with Crippen LogP contribution in [0.25, 0.3) is 0 Å². The van der Waals surface area contributed by atoms with Crippen LogP contribution in [0.1, 0.15) is 5.56 Å². The summed E-state index contributed by atoms with van der Waals surface area (Å²) >= 11 is 0. The average molecular weight is 1080 g/mol. The zero-order valence-corrected chi connectivity index (χ0v) is 30.1. The molecule has 0 saturated carbocycles. The molecule has 1 aromatic rings. The van der Waals surface area contributed by atoms with Crippen molar-refractivity contribution in [3.63, 3.8) is 0 Å². The molecule has 0 spiro atoms. The molecule has 0 aromatic heterocycles. The normalized spacial score (nSPS) is 3.65. The predicted octanol–water partition coefficient (Wildman–Crippen LogP) is 8.08. The van der Waals surface area contributed by atoms with Gasteiger partial charge in [-0.05, 0) is 5.56 Å². The molecule has 0 saturated heterocycles. The molecule has 1 nitrogen and oxygen atoms in total. The molecule has 0 aliphatic carbocycles. The van der Waals surface area contributed by atoms with Crippen molar-refractivity contribution in [2.24, 2.45) is 5.73 Å². The van der Waals surface area contributed by atoms with Crippen LogP contribution in [0.2, 0.25) is 0 Å². The molecule has 138 valence electrons. The van der Waals surface area contributed by atoms with E-state index in [0.29, 0.717) is 6.54 Å². The Labute approximate surface area is 247 Å². The van der Waals surface area contributed by atoms with Gasteiger partial charge in [-0.15, -0.1) is 204 Å². The van der Waals surface area contributed by atoms with Crippen molar-refractivity contribution in [1.29, 1.82) is 0 Å². The summed E-state index contributed by atoms with van der Waals surface area (Å²) < 4.78 is 0. The zero-order chi connectivity index (χ0) is 5.82. The lowest BCUT2D eigenvalue weighted by molar-refractivity contribution is 1.07. The van der Waals surface area contributed by atoms with Gasteiger partial charge in [-0.25, -0.2) is 0 Å². The monoisotopic (exact) mass is 1070 g/mol. The minimum atomic E-state index is 0. The van der Waals surface area contributed by atoms with Gasteiger partial charge in [0.05, 0.1) is 0 Å². The van der Waals surface area contributed by atoms with E-state index < -0.39 is 0 Å². The van der Waals surface area contributed by atoms with E-state index in [4.69, 9.17) is 5.73 Å². The molecule has 2 N–H and O–H groups in total. The smallest absolute Gasteiger partial charge is 0.0178 e. The molecule has 0 radical (unpaired) electrons. The lowest BCUT2D eigenvalue weighted by Crippen LogP contribution is -1.94. The highest BCUT2D eigenvalue weighted by Crippen LogP contribution is 1.94. The molecule has 0 unspecified atom stereocenters. The maximum absolute atomic E-state index is 5.35. The summed E-state index contributed by atoms with van der Waals surface area (Å²) in [5.74, 6) is 0. The number of benzene rings is 1. The fourth-order valence-corrected chi connectivity index (χ4v) is 0.614. The topological polar surface area (TPSA) is 26.0 Å². The van der Waals surface area contributed by atoms with Crippen molar-refractivity contribution in [3.05, 3.63) is 35.9 Å². The van der Waals surface area contributed by atoms with Crippen molar-refractivity contribution in [3.8, 4) is 0 Å². The first-order chi connectivity index (χ1) is 3.93. The average Bonchev–Trinajstić information content (AvgIpc) is 1.90. The van der Waals surface area contributed by atoms with Crippen LogP contribution >= 0.6 is 204 Å². The number of nitrogens with two attached hydrogens (primary N) is 1. The Kier molecular flexibility index (Phi) is 277. The van der Waals surface area contributed by atoms with Gasteiger partial charge < -0.3 is 5.73 Å². The zero-order valence-electron chi connectivity index (χ0n) is 9.57. The third-order valence-electron chi connectivity index (χ3n) is 1.08. The van der Waals surface area contributed by atoms with Gasteiger partial charge in [0.1, 0.15) is 0 Å². The molecule has 0 amide bonds. The van der Waals surface area contributed by atoms with E-state index in [9.17, 15) is 0 Å². The number of halogens is 12. The Morgan fingerprint density at radius 2 is 0.750 bits per heavy atom. The molecule has 0 heterocycles. The second-order valence-electron chi connectivity index (χ2n) is 1.69. The SMILES string of the molecule is Br.Br.Br.Br.Br.Br.Br.Br.Br.Br.Br.Br.NCc1ccccc1. The quantitative estimate of drug-likeness (QED) is 0.303. The van der Waals surface area contributed by atoms with Crippen molar-refractivity contribution >= 4 is 204 Å². The summed E-state index contributed by atoms with van der Waals surface area (Å²) in [5.41, 5.74) is 6.54. The molecule has 0 aliphatic rings. The van der Waals surface area contributed by atoms with E-state index in [1.807, 2.05) is 30.3 Å². The summed E-state index contributed by atoms with van der Waals surface area (Å²) in [5, 5.41) is 0. The standard InChI is InChI=1S/C7H9N.12BrH/c8-6-7-4-2-1-3-5-7;;;;;;;;;;;;/h1-5H,6,8H2;12*1H. The molecule has 20 heavy (non-hydrogen) atoms. The fraction of sp³-hybridized carbons (Fsp3) is 0.143. The molecule has 0 fully saturated rings. The Hall–Kier alpha value is 4.94. The fourth-order valence-electron chi connectivity index (χ4n) is 0.614. The Morgan fingerprint density at radius 3 is 0.900 bits per heavy atom. The first-order valence-electron chi connectivity index (χ1n) is 2.67. The van der Waals surface area contributed by atoms with E-state index in [2.05, 4.69) is 0 Å². The van der Waals surface area contributed by atoms with Gasteiger partial charge in [0.25, 0.3) is 0 Å². The first kappa shape index (κ1) is 85.4. The highest BCUT2D eigenvalue weighted by Gasteiger charge is 1.80. The minimum absolute atomic E-state index is 0. The third kappa shape index (κ3) is 49.5. The summed E-state index contributed by atoms with van der Waals surface area (Å²) in [7, 11) is 0. The largest absolute Gasteiger partial charge is 0.326 e. The van der Waals surface area contributed by atoms with Crippen LogP contribution in [0.5, 0.6) is 0 Å². The van der Waals surface area contributed by atoms with Crippen LogP contribution < -0.4 is 5.73 Å². The Bertz CT molecular complexity index is 165. The van der Waals surface area contributed by atoms with Crippen LogP contribution in [0, 0.1) is 0 Å². The molecule has 0 bridgehead atoms. The Balaban J connectivity index is -0.00000000533. The van der Waals surface area contributed by atoms with Crippen LogP contribution in [0.4, 0.5) is 0 Å². The molecule has 0 aliphatic heterocycles. The number of hydrogen-bond acceptors (Lipinski definition) is 1. The van der Waals surface area contributed by atoms with E-state index in [0.717, 1.165) is 0 Å². The molecular weight excluding hydrogens is 1060 g/mol. The predicted molar refractivity (Wildman–Crippen MR) is 158 cm³/mol. The van der Waals surface area contributed by atoms with Crippen molar-refractivity contribution < 1.29 is 0 Å². The molecule has 0 atom stereocenters. The summed E-state index contributed by atoms with van der Waals surface area (Å²) in [6.07, 6.45) is 0. The van der Waals surface area contributed by atoms with E-state index in [1.54, 1.807) is 0 Å². The lowest BCUT2D eigenvalue weighted by atomic mass is 10.2. The van der Waals surface area contributed by atoms with Gasteiger partial charge in [0.2, 0.25) is 0 Å². The van der Waals surface area contributed by atoms with Crippen LogP contribution in [0.3, 0.4) is 0 Å². The summed E-state index contributed by atoms with van der Waals surface area (Å²) in [6, 6.07) is 9.99. The van der Waals surface area contributed by atoms with Crippen molar-refractivity contribution in [2.45, 2.75) is 6.54 Å². The molecule has 1 rings (SSSR count). The summed E-state index contributed by atoms with van der Waals surface area (Å²) in [6.45, 7) is 0.640. The van der Waals surface area contributed by atoms with E-state index >= 15 is 0 Å². The Morgan fingerprint density at radius 1 is 0.500 bits per heavy atom. The third-order valence-corrected chi connectivity index (χ3v) is 1.08. The second kappa shape index (κ2) is 64.8. The molecule has 1 aromatic carbocycles. The number of rotatable bonds is 1. The van der Waals surface area contributed by atoms with Gasteiger partial charge in [0.15, 0.2) is 0 Å². The molecular formula is C7H21Br12N. The van der Waals surface area contributed by atoms with Crippen LogP contribution in [0.15, 0.2) is 30.3 Å². The van der Waals surface area contributed by atoms with Gasteiger partial charge in [-0.2, -0.15) is 0 Å². The second-order valence-corrected chi connectivity index (χ2v) is 1.69. The minimum Gasteiger partial charge on any atom is -0.326 e. The summed E-state index contributed by atoms with van der Waals surface area (Å²) in [4.78, 5) is 0. The maximum Gasteiger partial charge on any atom is 0.0178 e. The van der Waals surface area contributed by atoms with E-state index in [1.165, 1.54) is 5.56 Å². The highest BCUT2D eigenvalue weighted by molar-refractivity contribution is 8.94. The van der Waals surface area contributed by atoms with Gasteiger partial charge in [-0.3, -0.25) is 0 Å². The van der Waals surface area contributed by atoms with Gasteiger partial charge >= 0.3 is 0 Å². The van der Waals surface area contributed by atoms with E-state index in [-0.39, 0.29) is 204 Å². The lowest BCUT2D eigenvalue weighted by Gasteiger charge is -1.90. The molecule has 13 heteroatoms.